The molecule has 0 radical (unpaired) electrons. The van der Waals surface area contributed by atoms with E-state index in [1.807, 2.05) is 0 Å². The zero-order chi connectivity index (χ0) is 6.97. The van der Waals surface area contributed by atoms with Crippen LogP contribution in [-0.4, -0.2) is 0 Å². The summed E-state index contributed by atoms with van der Waals surface area (Å²) in [6, 6.07) is 8.61. The van der Waals surface area contributed by atoms with Gasteiger partial charge in [-0.15, -0.1) is 0 Å². The van der Waals surface area contributed by atoms with Crippen molar-refractivity contribution in [1.82, 2.24) is 0 Å². The van der Waals surface area contributed by atoms with Crippen molar-refractivity contribution >= 4 is 6.08 Å². The first kappa shape index (κ1) is 12.4. The molecule has 0 bridgehead atoms. The summed E-state index contributed by atoms with van der Waals surface area (Å²) < 4.78 is 1.56. The summed E-state index contributed by atoms with van der Waals surface area (Å²) in [4.78, 5) is 0. The van der Waals surface area contributed by atoms with Gasteiger partial charge in [-0.1, -0.05) is 0 Å². The molecule has 2 rings (SSSR count). The minimum atomic E-state index is 0. The number of halogens is 2. The Kier molecular flexibility index (Phi) is 5.40. The maximum atomic E-state index is 2.30. The summed E-state index contributed by atoms with van der Waals surface area (Å²) >= 11 is 1.56. The van der Waals surface area contributed by atoms with Crippen LogP contribution in [0.5, 0.6) is 0 Å². The topological polar surface area (TPSA) is 0 Å². The Labute approximate surface area is 100 Å². The molecule has 1 aromatic rings. The zero-order valence-electron chi connectivity index (χ0n) is 6.35. The Bertz CT molecular complexity index is 294. The molecule has 61 valence electrons. The van der Waals surface area contributed by atoms with Crippen molar-refractivity contribution in [2.75, 3.05) is 0 Å². The van der Waals surface area contributed by atoms with E-state index in [0.29, 0.717) is 0 Å². The third kappa shape index (κ3) is 2.45. The van der Waals surface area contributed by atoms with Gasteiger partial charge in [0.05, 0.1) is 0 Å². The molecule has 0 atom stereocenters. The summed E-state index contributed by atoms with van der Waals surface area (Å²) in [5.74, 6) is 0. The van der Waals surface area contributed by atoms with E-state index in [2.05, 4.69) is 30.3 Å². The van der Waals surface area contributed by atoms with Gasteiger partial charge in [-0.2, -0.15) is 0 Å². The third-order valence-corrected chi connectivity index (χ3v) is 2.56. The van der Waals surface area contributed by atoms with Crippen molar-refractivity contribution in [3.05, 3.63) is 38.7 Å². The predicted octanol–water partition coefficient (Wildman–Crippen LogP) is -3.86. The molecule has 1 aliphatic rings. The summed E-state index contributed by atoms with van der Waals surface area (Å²) in [7, 11) is 0. The van der Waals surface area contributed by atoms with Crippen molar-refractivity contribution in [1.29, 1.82) is 0 Å². The second-order valence-corrected chi connectivity index (χ2v) is 4.12. The van der Waals surface area contributed by atoms with Gasteiger partial charge in [0.15, 0.2) is 0 Å². The van der Waals surface area contributed by atoms with Gasteiger partial charge < -0.3 is 24.8 Å². The third-order valence-electron chi connectivity index (χ3n) is 1.77. The Balaban J connectivity index is 0.000000605. The standard InChI is InChI=1S/C9H7.2ClH.Zr/c1-2-5-9-7-3-6-8(9)4-1;;;/h1-2,4-6H,7H2;2*1H;/q;;;+2/p-2. The van der Waals surface area contributed by atoms with E-state index in [1.54, 1.807) is 28.0 Å². The fraction of sp³-hybridized carbons (Fsp3) is 0.111. The minimum absolute atomic E-state index is 0. The monoisotopic (exact) mass is 275 g/mol. The van der Waals surface area contributed by atoms with Crippen LogP contribution < -0.4 is 24.8 Å². The number of hydrogen-bond donors (Lipinski definition) is 0. The number of rotatable bonds is 0. The van der Waals surface area contributed by atoms with Gasteiger partial charge >= 0.3 is 75.9 Å². The van der Waals surface area contributed by atoms with Crippen molar-refractivity contribution in [2.24, 2.45) is 0 Å². The second-order valence-electron chi connectivity index (χ2n) is 2.55. The first-order valence-electron chi connectivity index (χ1n) is 3.36. The fourth-order valence-corrected chi connectivity index (χ4v) is 2.13. The summed E-state index contributed by atoms with van der Waals surface area (Å²) in [5, 5.41) is 0. The molecule has 0 N–H and O–H groups in total. The maximum absolute atomic E-state index is 2.30. The van der Waals surface area contributed by atoms with Gasteiger partial charge in [-0.3, -0.25) is 0 Å². The first-order chi connectivity index (χ1) is 4.86. The van der Waals surface area contributed by atoms with E-state index < -0.39 is 0 Å². The number of allylic oxidation sites excluding steroid dienone is 1. The quantitative estimate of drug-likeness (QED) is 0.455. The Hall–Kier alpha value is 0.423. The van der Waals surface area contributed by atoms with Crippen molar-refractivity contribution in [3.63, 3.8) is 0 Å². The molecule has 0 nitrogen and oxygen atoms in total. The molecule has 0 spiro atoms. The molecular weight excluding hydrogens is 270 g/mol. The molecule has 1 aromatic carbocycles. The fourth-order valence-electron chi connectivity index (χ4n) is 1.28. The van der Waals surface area contributed by atoms with Crippen LogP contribution in [0.2, 0.25) is 0 Å². The molecular formula is C9H7Cl2Zr. The van der Waals surface area contributed by atoms with Gasteiger partial charge in [0.25, 0.3) is 0 Å². The van der Waals surface area contributed by atoms with Crippen LogP contribution in [0, 0.1) is 0 Å². The van der Waals surface area contributed by atoms with Crippen molar-refractivity contribution in [2.45, 2.75) is 6.42 Å². The van der Waals surface area contributed by atoms with Crippen LogP contribution >= 0.6 is 0 Å². The van der Waals surface area contributed by atoms with Crippen LogP contribution in [-0.2, 0) is 31.1 Å². The molecule has 3 heteroatoms. The average molecular weight is 277 g/mol. The van der Waals surface area contributed by atoms with E-state index in [1.165, 1.54) is 17.5 Å². The van der Waals surface area contributed by atoms with Crippen molar-refractivity contribution < 1.29 is 49.5 Å². The molecule has 0 fully saturated rings. The zero-order valence-corrected chi connectivity index (χ0v) is 10.3. The van der Waals surface area contributed by atoms with E-state index in [4.69, 9.17) is 0 Å². The molecule has 0 aromatic heterocycles. The first-order valence-corrected chi connectivity index (χ1v) is 4.59. The molecule has 1 aliphatic carbocycles. The van der Waals surface area contributed by atoms with E-state index in [0.717, 1.165) is 0 Å². The van der Waals surface area contributed by atoms with E-state index in [-0.39, 0.29) is 24.8 Å². The Morgan fingerprint density at radius 1 is 1.08 bits per heavy atom. The number of fused-ring (bicyclic) bond motifs is 1. The molecule has 0 amide bonds. The van der Waals surface area contributed by atoms with Gasteiger partial charge in [0.1, 0.15) is 0 Å². The SMILES string of the molecule is [Cl-].[Cl-].[Zr+2][C]1=Cc2ccccc2C1. The van der Waals surface area contributed by atoms with Gasteiger partial charge in [-0.25, -0.2) is 0 Å². The summed E-state index contributed by atoms with van der Waals surface area (Å²) in [6.45, 7) is 0. The summed E-state index contributed by atoms with van der Waals surface area (Å²) in [5.41, 5.74) is 2.92. The van der Waals surface area contributed by atoms with Crippen LogP contribution in [0.4, 0.5) is 0 Å². The molecule has 0 aliphatic heterocycles. The summed E-state index contributed by atoms with van der Waals surface area (Å²) in [6.07, 6.45) is 3.49. The Morgan fingerprint density at radius 3 is 2.42 bits per heavy atom. The Morgan fingerprint density at radius 2 is 1.75 bits per heavy atom. The van der Waals surface area contributed by atoms with Crippen LogP contribution in [0.25, 0.3) is 6.08 Å². The molecule has 0 saturated heterocycles. The van der Waals surface area contributed by atoms with Crippen LogP contribution in [0.15, 0.2) is 27.5 Å². The predicted molar refractivity (Wildman–Crippen MR) is 38.1 cm³/mol. The van der Waals surface area contributed by atoms with E-state index >= 15 is 0 Å². The van der Waals surface area contributed by atoms with Gasteiger partial charge in [-0.05, 0) is 0 Å². The van der Waals surface area contributed by atoms with E-state index in [9.17, 15) is 0 Å². The molecule has 0 saturated carbocycles. The number of hydrogen-bond acceptors (Lipinski definition) is 0. The van der Waals surface area contributed by atoms with Gasteiger partial charge in [0.2, 0.25) is 0 Å². The number of benzene rings is 1. The van der Waals surface area contributed by atoms with Crippen molar-refractivity contribution in [3.8, 4) is 0 Å². The van der Waals surface area contributed by atoms with Gasteiger partial charge in [0, 0.05) is 0 Å². The molecule has 0 unspecified atom stereocenters. The van der Waals surface area contributed by atoms with Crippen LogP contribution in [0.1, 0.15) is 11.1 Å². The normalized spacial score (nSPS) is 12.3. The molecule has 0 heterocycles. The molecule has 12 heavy (non-hydrogen) atoms. The second kappa shape index (κ2) is 5.22. The average Bonchev–Trinajstić information content (AvgIpc) is 2.27. The van der Waals surface area contributed by atoms with Crippen LogP contribution in [0.3, 0.4) is 0 Å².